The number of methoxy groups -OCH3 is 1. The monoisotopic (exact) mass is 429 g/mol. The second kappa shape index (κ2) is 7.93. The van der Waals surface area contributed by atoms with Crippen LogP contribution in [0.1, 0.15) is 22.6 Å². The number of halogens is 2. The largest absolute Gasteiger partial charge is 0.494 e. The molecule has 0 spiro atoms. The maximum absolute atomic E-state index is 13.4. The molecule has 0 bridgehead atoms. The minimum Gasteiger partial charge on any atom is -0.494 e. The van der Waals surface area contributed by atoms with E-state index < -0.39 is 18.4 Å². The molecule has 0 atom stereocenters. The van der Waals surface area contributed by atoms with Crippen LogP contribution in [-0.4, -0.2) is 57.6 Å². The molecule has 0 unspecified atom stereocenters. The molecule has 2 aromatic heterocycles. The van der Waals surface area contributed by atoms with Crippen LogP contribution in [-0.2, 0) is 11.3 Å². The van der Waals surface area contributed by atoms with Crippen LogP contribution >= 0.6 is 0 Å². The van der Waals surface area contributed by atoms with Crippen molar-refractivity contribution in [3.8, 4) is 5.75 Å². The Balaban J connectivity index is 1.54. The van der Waals surface area contributed by atoms with E-state index in [1.807, 2.05) is 0 Å². The lowest BCUT2D eigenvalue weighted by Crippen LogP contribution is -2.34. The molecule has 1 N–H and O–H groups in total. The summed E-state index contributed by atoms with van der Waals surface area (Å²) < 4.78 is 33.5. The van der Waals surface area contributed by atoms with Gasteiger partial charge in [0.2, 0.25) is 5.91 Å². The summed E-state index contributed by atoms with van der Waals surface area (Å²) in [7, 11) is 1.47. The van der Waals surface area contributed by atoms with Crippen molar-refractivity contribution in [3.63, 3.8) is 0 Å². The van der Waals surface area contributed by atoms with Crippen LogP contribution in [0.5, 0.6) is 5.75 Å². The second-order valence-corrected chi connectivity index (χ2v) is 7.48. The van der Waals surface area contributed by atoms with Gasteiger partial charge in [0.15, 0.2) is 0 Å². The lowest BCUT2D eigenvalue weighted by Gasteiger charge is -2.15. The van der Waals surface area contributed by atoms with Gasteiger partial charge in [0, 0.05) is 36.3 Å². The number of alkyl halides is 2. The first-order valence-corrected chi connectivity index (χ1v) is 9.70. The molecular formula is C21H21F2N5O3. The molecule has 1 aliphatic heterocycles. The standard InChI is InChI=1S/C21H21F2N5O3/c1-13-4-3-5-15(24-13)20(30)25-17-8-14-10-28(26-16(14)9-18(17)31-2)11-19(29)27-7-6-21(22,23)12-27/h3-5,8-10H,6-7,11-12H2,1-2H3,(H,25,30). The maximum atomic E-state index is 13.4. The fraction of sp³-hybridized carbons (Fsp3) is 0.333. The number of carbonyl (C=O) groups excluding carboxylic acids is 2. The highest BCUT2D eigenvalue weighted by Crippen LogP contribution is 2.30. The van der Waals surface area contributed by atoms with Crippen molar-refractivity contribution in [1.29, 1.82) is 0 Å². The first-order chi connectivity index (χ1) is 14.7. The smallest absolute Gasteiger partial charge is 0.274 e. The molecule has 31 heavy (non-hydrogen) atoms. The normalized spacial score (nSPS) is 15.3. The Bertz CT molecular complexity index is 1160. The molecule has 1 aliphatic rings. The van der Waals surface area contributed by atoms with Gasteiger partial charge in [-0.3, -0.25) is 14.3 Å². The number of likely N-dealkylation sites (tertiary alicyclic amines) is 1. The summed E-state index contributed by atoms with van der Waals surface area (Å²) in [5.74, 6) is -3.25. The summed E-state index contributed by atoms with van der Waals surface area (Å²) >= 11 is 0. The predicted octanol–water partition coefficient (Wildman–Crippen LogP) is 2.87. The Morgan fingerprint density at radius 2 is 2.10 bits per heavy atom. The fourth-order valence-electron chi connectivity index (χ4n) is 3.49. The quantitative estimate of drug-likeness (QED) is 0.674. The van der Waals surface area contributed by atoms with E-state index in [0.717, 1.165) is 10.6 Å². The predicted molar refractivity (Wildman–Crippen MR) is 109 cm³/mol. The number of pyridine rings is 1. The van der Waals surface area contributed by atoms with Crippen LogP contribution in [0.3, 0.4) is 0 Å². The molecule has 2 amide bonds. The van der Waals surface area contributed by atoms with Crippen LogP contribution in [0.2, 0.25) is 0 Å². The van der Waals surface area contributed by atoms with Crippen molar-refractivity contribution in [2.75, 3.05) is 25.5 Å². The first-order valence-electron chi connectivity index (χ1n) is 9.70. The van der Waals surface area contributed by atoms with Crippen molar-refractivity contribution in [1.82, 2.24) is 19.7 Å². The van der Waals surface area contributed by atoms with Gasteiger partial charge < -0.3 is 15.0 Å². The molecule has 4 rings (SSSR count). The Hall–Kier alpha value is -3.56. The van der Waals surface area contributed by atoms with Gasteiger partial charge >= 0.3 is 0 Å². The van der Waals surface area contributed by atoms with Crippen LogP contribution in [0.15, 0.2) is 36.5 Å². The van der Waals surface area contributed by atoms with Crippen LogP contribution in [0, 0.1) is 6.92 Å². The maximum Gasteiger partial charge on any atom is 0.274 e. The minimum absolute atomic E-state index is 0.0314. The lowest BCUT2D eigenvalue weighted by atomic mass is 10.2. The summed E-state index contributed by atoms with van der Waals surface area (Å²) in [6, 6.07) is 8.47. The number of aromatic nitrogens is 3. The highest BCUT2D eigenvalue weighted by molar-refractivity contribution is 6.05. The van der Waals surface area contributed by atoms with Gasteiger partial charge in [-0.2, -0.15) is 5.10 Å². The zero-order valence-electron chi connectivity index (χ0n) is 17.1. The van der Waals surface area contributed by atoms with Gasteiger partial charge in [0.1, 0.15) is 18.0 Å². The first kappa shape index (κ1) is 20.7. The molecule has 1 saturated heterocycles. The van der Waals surface area contributed by atoms with E-state index in [0.29, 0.717) is 22.3 Å². The number of nitrogens with one attached hydrogen (secondary N) is 1. The molecule has 162 valence electrons. The van der Waals surface area contributed by atoms with Gasteiger partial charge in [0.25, 0.3) is 11.8 Å². The molecule has 0 aliphatic carbocycles. The van der Waals surface area contributed by atoms with Gasteiger partial charge in [-0.25, -0.2) is 13.8 Å². The van der Waals surface area contributed by atoms with Crippen molar-refractivity contribution in [2.24, 2.45) is 0 Å². The third-order valence-corrected chi connectivity index (χ3v) is 5.06. The molecule has 10 heteroatoms. The number of nitrogens with zero attached hydrogens (tertiary/aromatic N) is 4. The molecule has 3 aromatic rings. The molecular weight excluding hydrogens is 408 g/mol. The molecule has 3 heterocycles. The average Bonchev–Trinajstić information content (AvgIpc) is 3.28. The van der Waals surface area contributed by atoms with Gasteiger partial charge in [0.05, 0.1) is 24.9 Å². The number of hydrogen-bond acceptors (Lipinski definition) is 5. The number of fused-ring (bicyclic) bond motifs is 1. The third kappa shape index (κ3) is 4.47. The van der Waals surface area contributed by atoms with E-state index in [1.165, 1.54) is 11.8 Å². The number of anilines is 1. The number of ether oxygens (including phenoxy) is 1. The SMILES string of the molecule is COc1cc2nn(CC(=O)N3CCC(F)(F)C3)cc2cc1NC(=O)c1cccc(C)n1. The second-order valence-electron chi connectivity index (χ2n) is 7.48. The van der Waals surface area contributed by atoms with Crippen molar-refractivity contribution < 1.29 is 23.1 Å². The van der Waals surface area contributed by atoms with Crippen molar-refractivity contribution >= 4 is 28.4 Å². The van der Waals surface area contributed by atoms with Crippen LogP contribution < -0.4 is 10.1 Å². The lowest BCUT2D eigenvalue weighted by molar-refractivity contribution is -0.132. The highest BCUT2D eigenvalue weighted by atomic mass is 19.3. The molecule has 0 radical (unpaired) electrons. The Morgan fingerprint density at radius 3 is 2.77 bits per heavy atom. The van der Waals surface area contributed by atoms with E-state index in [2.05, 4.69) is 15.4 Å². The number of aryl methyl sites for hydroxylation is 1. The summed E-state index contributed by atoms with van der Waals surface area (Å²) in [6.45, 7) is 1.11. The Kier molecular flexibility index (Phi) is 5.30. The Morgan fingerprint density at radius 1 is 1.29 bits per heavy atom. The van der Waals surface area contributed by atoms with E-state index in [-0.39, 0.29) is 31.1 Å². The van der Waals surface area contributed by atoms with Crippen molar-refractivity contribution in [2.45, 2.75) is 25.8 Å². The molecule has 1 fully saturated rings. The minimum atomic E-state index is -2.84. The van der Waals surface area contributed by atoms with E-state index in [1.54, 1.807) is 43.5 Å². The molecule has 8 nitrogen and oxygen atoms in total. The third-order valence-electron chi connectivity index (χ3n) is 5.06. The number of benzene rings is 1. The summed E-state index contributed by atoms with van der Waals surface area (Å²) in [6.07, 6.45) is 1.30. The molecule has 0 saturated carbocycles. The number of amides is 2. The number of rotatable bonds is 5. The topological polar surface area (TPSA) is 89.4 Å². The van der Waals surface area contributed by atoms with E-state index in [4.69, 9.17) is 4.74 Å². The highest BCUT2D eigenvalue weighted by Gasteiger charge is 2.40. The van der Waals surface area contributed by atoms with E-state index >= 15 is 0 Å². The van der Waals surface area contributed by atoms with Crippen molar-refractivity contribution in [3.05, 3.63) is 47.9 Å². The number of carbonyl (C=O) groups is 2. The Labute approximate surface area is 176 Å². The van der Waals surface area contributed by atoms with Gasteiger partial charge in [-0.1, -0.05) is 6.07 Å². The number of hydrogen-bond donors (Lipinski definition) is 1. The summed E-state index contributed by atoms with van der Waals surface area (Å²) in [5.41, 5.74) is 1.96. The van der Waals surface area contributed by atoms with Gasteiger partial charge in [-0.15, -0.1) is 0 Å². The zero-order chi connectivity index (χ0) is 22.2. The van der Waals surface area contributed by atoms with Crippen LogP contribution in [0.25, 0.3) is 10.9 Å². The fourth-order valence-corrected chi connectivity index (χ4v) is 3.49. The van der Waals surface area contributed by atoms with Crippen LogP contribution in [0.4, 0.5) is 14.5 Å². The summed E-state index contributed by atoms with van der Waals surface area (Å²) in [4.78, 5) is 30.3. The summed E-state index contributed by atoms with van der Waals surface area (Å²) in [5, 5.41) is 7.77. The average molecular weight is 429 g/mol. The van der Waals surface area contributed by atoms with E-state index in [9.17, 15) is 18.4 Å². The van der Waals surface area contributed by atoms with Gasteiger partial charge in [-0.05, 0) is 25.1 Å². The molecule has 1 aromatic carbocycles. The zero-order valence-corrected chi connectivity index (χ0v) is 17.1.